The Bertz CT molecular complexity index is 513. The Kier molecular flexibility index (Phi) is 4.33. The predicted molar refractivity (Wildman–Crippen MR) is 69.1 cm³/mol. The van der Waals surface area contributed by atoms with Gasteiger partial charge in [0.25, 0.3) is 5.91 Å². The summed E-state index contributed by atoms with van der Waals surface area (Å²) >= 11 is 0. The number of amides is 1. The molecule has 0 spiro atoms. The number of nitrogen functional groups attached to an aromatic ring is 1. The molecule has 0 fully saturated rings. The summed E-state index contributed by atoms with van der Waals surface area (Å²) in [5.74, 6) is -0.673. The second kappa shape index (κ2) is 5.32. The van der Waals surface area contributed by atoms with Gasteiger partial charge in [-0.25, -0.2) is 0 Å². The lowest BCUT2D eigenvalue weighted by atomic mass is 10.0. The summed E-state index contributed by atoms with van der Waals surface area (Å²) < 4.78 is 38.2. The quantitative estimate of drug-likeness (QED) is 0.838. The van der Waals surface area contributed by atoms with Gasteiger partial charge in [-0.05, 0) is 26.0 Å². The number of benzene rings is 1. The van der Waals surface area contributed by atoms with E-state index in [0.29, 0.717) is 0 Å². The van der Waals surface area contributed by atoms with E-state index in [9.17, 15) is 23.1 Å². The van der Waals surface area contributed by atoms with Crippen LogP contribution in [-0.2, 0) is 6.18 Å². The van der Waals surface area contributed by atoms with Crippen molar-refractivity contribution in [1.29, 1.82) is 0 Å². The van der Waals surface area contributed by atoms with Crippen molar-refractivity contribution in [1.82, 2.24) is 4.90 Å². The number of rotatable bonds is 3. The molecule has 0 aliphatic rings. The molecule has 0 bridgehead atoms. The Labute approximate surface area is 115 Å². The summed E-state index contributed by atoms with van der Waals surface area (Å²) in [7, 11) is 1.40. The first-order chi connectivity index (χ1) is 9.02. The minimum atomic E-state index is -4.62. The molecule has 0 heterocycles. The minimum Gasteiger partial charge on any atom is -0.398 e. The number of likely N-dealkylation sites (N-methyl/N-ethyl adjacent to an activating group) is 1. The lowest BCUT2D eigenvalue weighted by Crippen LogP contribution is -2.47. The fraction of sp³-hybridized carbons (Fsp3) is 0.462. The molecule has 1 aromatic rings. The molecule has 4 nitrogen and oxygen atoms in total. The Hall–Kier alpha value is -1.76. The molecule has 0 radical (unpaired) electrons. The lowest BCUT2D eigenvalue weighted by molar-refractivity contribution is -0.136. The van der Waals surface area contributed by atoms with Gasteiger partial charge < -0.3 is 15.7 Å². The van der Waals surface area contributed by atoms with Crippen molar-refractivity contribution in [3.05, 3.63) is 29.3 Å². The zero-order chi connectivity index (χ0) is 15.7. The van der Waals surface area contributed by atoms with E-state index in [2.05, 4.69) is 0 Å². The molecule has 0 aromatic heterocycles. The maximum atomic E-state index is 12.7. The van der Waals surface area contributed by atoms with Crippen molar-refractivity contribution in [2.45, 2.75) is 25.6 Å². The van der Waals surface area contributed by atoms with Crippen LogP contribution in [0.25, 0.3) is 0 Å². The Morgan fingerprint density at radius 3 is 2.35 bits per heavy atom. The third kappa shape index (κ3) is 3.04. The number of nitrogens with zero attached hydrogens (tertiary/aromatic N) is 1. The maximum absolute atomic E-state index is 12.7. The Morgan fingerprint density at radius 2 is 1.90 bits per heavy atom. The predicted octanol–water partition coefficient (Wildman–Crippen LogP) is 2.13. The van der Waals surface area contributed by atoms with Crippen LogP contribution in [0.4, 0.5) is 18.9 Å². The molecular weight excluding hydrogens is 273 g/mol. The molecule has 0 aliphatic heterocycles. The summed E-state index contributed by atoms with van der Waals surface area (Å²) in [5.41, 5.74) is 2.68. The number of aliphatic hydroxyl groups excluding tert-OH is 1. The maximum Gasteiger partial charge on any atom is 0.418 e. The Morgan fingerprint density at radius 1 is 1.35 bits per heavy atom. The van der Waals surface area contributed by atoms with Gasteiger partial charge in [0.05, 0.1) is 29.0 Å². The summed E-state index contributed by atoms with van der Waals surface area (Å²) in [6, 6.07) is 3.19. The highest BCUT2D eigenvalue weighted by atomic mass is 19.4. The molecule has 1 aromatic carbocycles. The molecule has 0 unspecified atom stereocenters. The van der Waals surface area contributed by atoms with E-state index in [1.807, 2.05) is 0 Å². The van der Waals surface area contributed by atoms with Gasteiger partial charge in [0.2, 0.25) is 0 Å². The second-order valence-electron chi connectivity index (χ2n) is 5.10. The van der Waals surface area contributed by atoms with E-state index >= 15 is 0 Å². The van der Waals surface area contributed by atoms with Crippen molar-refractivity contribution < 1.29 is 23.1 Å². The second-order valence-corrected chi connectivity index (χ2v) is 5.10. The molecule has 1 rings (SSSR count). The molecule has 0 saturated heterocycles. The van der Waals surface area contributed by atoms with Crippen LogP contribution in [-0.4, -0.2) is 35.1 Å². The van der Waals surface area contributed by atoms with E-state index < -0.39 is 28.9 Å². The zero-order valence-electron chi connectivity index (χ0n) is 11.5. The fourth-order valence-corrected chi connectivity index (χ4v) is 1.56. The fourth-order valence-electron chi connectivity index (χ4n) is 1.56. The number of aliphatic hydroxyl groups is 1. The van der Waals surface area contributed by atoms with Crippen LogP contribution in [0.1, 0.15) is 29.8 Å². The van der Waals surface area contributed by atoms with Gasteiger partial charge in [0, 0.05) is 7.05 Å². The van der Waals surface area contributed by atoms with Crippen molar-refractivity contribution in [2.75, 3.05) is 19.4 Å². The number of alkyl halides is 3. The van der Waals surface area contributed by atoms with Gasteiger partial charge in [0.15, 0.2) is 0 Å². The highest BCUT2D eigenvalue weighted by molar-refractivity contribution is 6.00. The van der Waals surface area contributed by atoms with Crippen LogP contribution >= 0.6 is 0 Å². The van der Waals surface area contributed by atoms with Crippen LogP contribution in [0.5, 0.6) is 0 Å². The monoisotopic (exact) mass is 290 g/mol. The summed E-state index contributed by atoms with van der Waals surface area (Å²) in [6.45, 7) is 2.86. The summed E-state index contributed by atoms with van der Waals surface area (Å²) in [6.07, 6.45) is -4.62. The minimum absolute atomic E-state index is 0.233. The van der Waals surface area contributed by atoms with Gasteiger partial charge in [-0.15, -0.1) is 0 Å². The molecule has 3 N–H and O–H groups in total. The first-order valence-electron chi connectivity index (χ1n) is 5.87. The van der Waals surface area contributed by atoms with Gasteiger partial charge in [0.1, 0.15) is 0 Å². The third-order valence-electron chi connectivity index (χ3n) is 3.24. The first-order valence-corrected chi connectivity index (χ1v) is 5.87. The van der Waals surface area contributed by atoms with Gasteiger partial charge >= 0.3 is 6.18 Å². The number of hydrogen-bond acceptors (Lipinski definition) is 3. The third-order valence-corrected chi connectivity index (χ3v) is 3.24. The number of nitrogens with two attached hydrogens (primary N) is 1. The van der Waals surface area contributed by atoms with Crippen LogP contribution in [0.3, 0.4) is 0 Å². The lowest BCUT2D eigenvalue weighted by Gasteiger charge is -2.34. The van der Waals surface area contributed by atoms with Crippen molar-refractivity contribution >= 4 is 11.6 Å². The highest BCUT2D eigenvalue weighted by Gasteiger charge is 2.36. The van der Waals surface area contributed by atoms with Gasteiger partial charge in [-0.2, -0.15) is 13.2 Å². The number of anilines is 1. The van der Waals surface area contributed by atoms with Gasteiger partial charge in [-0.1, -0.05) is 6.07 Å². The van der Waals surface area contributed by atoms with E-state index in [-0.39, 0.29) is 12.2 Å². The van der Waals surface area contributed by atoms with Crippen molar-refractivity contribution in [3.63, 3.8) is 0 Å². The molecular formula is C13H17F3N2O2. The molecule has 20 heavy (non-hydrogen) atoms. The van der Waals surface area contributed by atoms with Crippen LogP contribution in [0, 0.1) is 0 Å². The summed E-state index contributed by atoms with van der Waals surface area (Å²) in [4.78, 5) is 13.4. The number of para-hydroxylation sites is 1. The Balaban J connectivity index is 3.25. The SMILES string of the molecule is CN(C(=O)c1cccc(C(F)(F)F)c1N)C(C)(C)CO. The smallest absolute Gasteiger partial charge is 0.398 e. The van der Waals surface area contributed by atoms with Crippen molar-refractivity contribution in [3.8, 4) is 0 Å². The number of halogens is 3. The molecule has 0 atom stereocenters. The number of hydrogen-bond donors (Lipinski definition) is 2. The van der Waals surface area contributed by atoms with Crippen LogP contribution in [0.2, 0.25) is 0 Å². The van der Waals surface area contributed by atoms with E-state index in [1.165, 1.54) is 18.0 Å². The van der Waals surface area contributed by atoms with Crippen LogP contribution in [0.15, 0.2) is 18.2 Å². The standard InChI is InChI=1S/C13H17F3N2O2/c1-12(2,7-19)18(3)11(20)8-5-4-6-9(10(8)17)13(14,15)16/h4-6,19H,7,17H2,1-3H3. The van der Waals surface area contributed by atoms with E-state index in [4.69, 9.17) is 5.73 Å². The van der Waals surface area contributed by atoms with Crippen LogP contribution < -0.4 is 5.73 Å². The largest absolute Gasteiger partial charge is 0.418 e. The normalized spacial score (nSPS) is 12.3. The first kappa shape index (κ1) is 16.3. The van der Waals surface area contributed by atoms with Crippen molar-refractivity contribution in [2.24, 2.45) is 0 Å². The molecule has 1 amide bonds. The molecule has 7 heteroatoms. The molecule has 0 saturated carbocycles. The summed E-state index contributed by atoms with van der Waals surface area (Å²) in [5, 5.41) is 9.21. The zero-order valence-corrected chi connectivity index (χ0v) is 11.5. The topological polar surface area (TPSA) is 66.6 Å². The number of carbonyl (C=O) groups is 1. The average molecular weight is 290 g/mol. The number of carbonyl (C=O) groups excluding carboxylic acids is 1. The molecule has 112 valence electrons. The van der Waals surface area contributed by atoms with E-state index in [1.54, 1.807) is 13.8 Å². The van der Waals surface area contributed by atoms with Gasteiger partial charge in [-0.3, -0.25) is 4.79 Å². The van der Waals surface area contributed by atoms with E-state index in [0.717, 1.165) is 12.1 Å². The highest BCUT2D eigenvalue weighted by Crippen LogP contribution is 2.35. The average Bonchev–Trinajstić information content (AvgIpc) is 2.35. The molecule has 0 aliphatic carbocycles.